The average Bonchev–Trinajstić information content (AvgIpc) is 2.69. The second-order valence-corrected chi connectivity index (χ2v) is 9.46. The lowest BCUT2D eigenvalue weighted by molar-refractivity contribution is -0.126. The van der Waals surface area contributed by atoms with Crippen LogP contribution < -0.4 is 5.32 Å². The molecule has 1 aromatic carbocycles. The minimum atomic E-state index is -3.44. The van der Waals surface area contributed by atoms with Gasteiger partial charge in [0.25, 0.3) is 0 Å². The van der Waals surface area contributed by atoms with Gasteiger partial charge in [0.1, 0.15) is 0 Å². The zero-order valence-corrected chi connectivity index (χ0v) is 16.4. The molecule has 3 rings (SSSR count). The number of carbonyl (C=O) groups is 1. The zero-order chi connectivity index (χ0) is 18.6. The number of sulfonamides is 1. The van der Waals surface area contributed by atoms with Crippen LogP contribution >= 0.6 is 0 Å². The van der Waals surface area contributed by atoms with Crippen LogP contribution in [0.15, 0.2) is 29.2 Å². The maximum Gasteiger partial charge on any atom is 0.243 e. The third-order valence-electron chi connectivity index (χ3n) is 5.75. The molecule has 26 heavy (non-hydrogen) atoms. The molecule has 144 valence electrons. The van der Waals surface area contributed by atoms with Gasteiger partial charge in [-0.1, -0.05) is 38.3 Å². The van der Waals surface area contributed by atoms with E-state index >= 15 is 0 Å². The van der Waals surface area contributed by atoms with Gasteiger partial charge in [0.2, 0.25) is 15.9 Å². The van der Waals surface area contributed by atoms with Crippen molar-refractivity contribution in [3.63, 3.8) is 0 Å². The Balaban J connectivity index is 1.54. The Kier molecular flexibility index (Phi) is 6.35. The summed E-state index contributed by atoms with van der Waals surface area (Å²) in [6, 6.07) is 7.25. The Morgan fingerprint density at radius 3 is 2.23 bits per heavy atom. The van der Waals surface area contributed by atoms with Gasteiger partial charge in [-0.2, -0.15) is 4.31 Å². The van der Waals surface area contributed by atoms with Crippen molar-refractivity contribution >= 4 is 15.9 Å². The van der Waals surface area contributed by atoms with Crippen molar-refractivity contribution in [2.75, 3.05) is 13.1 Å². The van der Waals surface area contributed by atoms with Crippen molar-refractivity contribution in [2.24, 2.45) is 5.92 Å². The first-order valence-electron chi connectivity index (χ1n) is 9.90. The summed E-state index contributed by atoms with van der Waals surface area (Å²) in [5, 5.41) is 3.15. The molecule has 6 heteroatoms. The Hall–Kier alpha value is -1.40. The number of nitrogens with zero attached hydrogens (tertiary/aromatic N) is 1. The summed E-state index contributed by atoms with van der Waals surface area (Å²) in [4.78, 5) is 12.7. The van der Waals surface area contributed by atoms with Crippen molar-refractivity contribution in [3.05, 3.63) is 29.8 Å². The van der Waals surface area contributed by atoms with Crippen LogP contribution in [0.25, 0.3) is 0 Å². The van der Waals surface area contributed by atoms with Gasteiger partial charge in [0.15, 0.2) is 0 Å². The smallest absolute Gasteiger partial charge is 0.243 e. The molecule has 0 aromatic heterocycles. The van der Waals surface area contributed by atoms with Gasteiger partial charge in [0.05, 0.1) is 4.90 Å². The summed E-state index contributed by atoms with van der Waals surface area (Å²) in [6.45, 7) is 2.98. The molecule has 0 spiro atoms. The first kappa shape index (κ1) is 19.4. The van der Waals surface area contributed by atoms with Crippen LogP contribution in [0.5, 0.6) is 0 Å². The standard InChI is InChI=1S/C20H30N2O3S/c1-2-16-8-10-19(11-9-16)26(24,25)22-14-12-18(13-15-22)21-20(23)17-6-4-3-5-7-17/h8-11,17-18H,2-7,12-15H2,1H3,(H,21,23). The largest absolute Gasteiger partial charge is 0.353 e. The van der Waals surface area contributed by atoms with Gasteiger partial charge in [-0.25, -0.2) is 8.42 Å². The van der Waals surface area contributed by atoms with Crippen LogP contribution in [0.2, 0.25) is 0 Å². The highest BCUT2D eigenvalue weighted by Gasteiger charge is 2.31. The number of amides is 1. The van der Waals surface area contributed by atoms with E-state index in [1.165, 1.54) is 6.42 Å². The SMILES string of the molecule is CCc1ccc(S(=O)(=O)N2CCC(NC(=O)C3CCCCC3)CC2)cc1. The van der Waals surface area contributed by atoms with Gasteiger partial charge < -0.3 is 5.32 Å². The van der Waals surface area contributed by atoms with Crippen molar-refractivity contribution < 1.29 is 13.2 Å². The summed E-state index contributed by atoms with van der Waals surface area (Å²) in [6.07, 6.45) is 7.78. The predicted molar refractivity (Wildman–Crippen MR) is 102 cm³/mol. The number of carbonyl (C=O) groups excluding carboxylic acids is 1. The number of piperidine rings is 1. The Bertz CT molecular complexity index is 701. The Labute approximate surface area is 157 Å². The van der Waals surface area contributed by atoms with Gasteiger partial charge in [-0.15, -0.1) is 0 Å². The summed E-state index contributed by atoms with van der Waals surface area (Å²) in [7, 11) is -3.44. The van der Waals surface area contributed by atoms with Crippen LogP contribution in [0.4, 0.5) is 0 Å². The summed E-state index contributed by atoms with van der Waals surface area (Å²) in [5.41, 5.74) is 1.13. The highest BCUT2D eigenvalue weighted by atomic mass is 32.2. The molecule has 2 fully saturated rings. The highest BCUT2D eigenvalue weighted by Crippen LogP contribution is 2.25. The monoisotopic (exact) mass is 378 g/mol. The molecule has 0 unspecified atom stereocenters. The molecule has 5 nitrogen and oxygen atoms in total. The van der Waals surface area contributed by atoms with Crippen LogP contribution in [0, 0.1) is 5.92 Å². The van der Waals surface area contributed by atoms with Gasteiger partial charge >= 0.3 is 0 Å². The molecular weight excluding hydrogens is 348 g/mol. The minimum Gasteiger partial charge on any atom is -0.353 e. The number of hydrogen-bond donors (Lipinski definition) is 1. The first-order valence-corrected chi connectivity index (χ1v) is 11.3. The van der Waals surface area contributed by atoms with Crippen LogP contribution in [-0.2, 0) is 21.2 Å². The number of aryl methyl sites for hydroxylation is 1. The molecule has 0 bridgehead atoms. The predicted octanol–water partition coefficient (Wildman–Crippen LogP) is 3.10. The zero-order valence-electron chi connectivity index (χ0n) is 15.6. The minimum absolute atomic E-state index is 0.0957. The molecule has 1 N–H and O–H groups in total. The molecule has 0 atom stereocenters. The van der Waals surface area contributed by atoms with Gasteiger partial charge in [-0.3, -0.25) is 4.79 Å². The highest BCUT2D eigenvalue weighted by molar-refractivity contribution is 7.89. The lowest BCUT2D eigenvalue weighted by Gasteiger charge is -2.33. The van der Waals surface area contributed by atoms with Gasteiger partial charge in [0, 0.05) is 25.0 Å². The third-order valence-corrected chi connectivity index (χ3v) is 7.66. The fraction of sp³-hybridized carbons (Fsp3) is 0.650. The molecule has 1 saturated heterocycles. The molecule has 1 amide bonds. The van der Waals surface area contributed by atoms with E-state index < -0.39 is 10.0 Å². The summed E-state index contributed by atoms with van der Waals surface area (Å²) >= 11 is 0. The van der Waals surface area contributed by atoms with E-state index in [-0.39, 0.29) is 17.9 Å². The molecule has 0 radical (unpaired) electrons. The lowest BCUT2D eigenvalue weighted by atomic mass is 9.88. The van der Waals surface area contributed by atoms with Crippen molar-refractivity contribution in [1.82, 2.24) is 9.62 Å². The average molecular weight is 379 g/mol. The fourth-order valence-corrected chi connectivity index (χ4v) is 5.44. The number of nitrogens with one attached hydrogen (secondary N) is 1. The Morgan fingerprint density at radius 2 is 1.65 bits per heavy atom. The quantitative estimate of drug-likeness (QED) is 0.856. The summed E-state index contributed by atoms with van der Waals surface area (Å²) < 4.78 is 27.2. The maximum atomic E-state index is 12.8. The molecule has 2 aliphatic rings. The van der Waals surface area contributed by atoms with Crippen LogP contribution in [-0.4, -0.2) is 37.8 Å². The number of benzene rings is 1. The molecule has 1 heterocycles. The second-order valence-electron chi connectivity index (χ2n) is 7.52. The molecule has 1 saturated carbocycles. The van der Waals surface area contributed by atoms with E-state index in [1.807, 2.05) is 12.1 Å². The Morgan fingerprint density at radius 1 is 1.04 bits per heavy atom. The molecular formula is C20H30N2O3S. The number of rotatable bonds is 5. The first-order chi connectivity index (χ1) is 12.5. The van der Waals surface area contributed by atoms with E-state index in [0.29, 0.717) is 30.8 Å². The molecule has 1 aliphatic heterocycles. The summed E-state index contributed by atoms with van der Waals surface area (Å²) in [5.74, 6) is 0.323. The lowest BCUT2D eigenvalue weighted by Crippen LogP contribution is -2.48. The maximum absolute atomic E-state index is 12.8. The second kappa shape index (κ2) is 8.53. The van der Waals surface area contributed by atoms with Crippen molar-refractivity contribution in [3.8, 4) is 0 Å². The topological polar surface area (TPSA) is 66.5 Å². The van der Waals surface area contributed by atoms with E-state index in [0.717, 1.165) is 37.7 Å². The normalized spacial score (nSPS) is 20.8. The van der Waals surface area contributed by atoms with Gasteiger partial charge in [-0.05, 0) is 49.8 Å². The van der Waals surface area contributed by atoms with Crippen molar-refractivity contribution in [1.29, 1.82) is 0 Å². The fourth-order valence-electron chi connectivity index (χ4n) is 3.97. The van der Waals surface area contributed by atoms with Crippen molar-refractivity contribution in [2.45, 2.75) is 69.2 Å². The van der Waals surface area contributed by atoms with E-state index in [1.54, 1.807) is 16.4 Å². The third kappa shape index (κ3) is 4.46. The molecule has 1 aliphatic carbocycles. The van der Waals surface area contributed by atoms with E-state index in [4.69, 9.17) is 0 Å². The van der Waals surface area contributed by atoms with Crippen LogP contribution in [0.1, 0.15) is 57.4 Å². The van der Waals surface area contributed by atoms with E-state index in [9.17, 15) is 13.2 Å². The number of hydrogen-bond acceptors (Lipinski definition) is 3. The van der Waals surface area contributed by atoms with E-state index in [2.05, 4.69) is 12.2 Å². The van der Waals surface area contributed by atoms with Crippen LogP contribution in [0.3, 0.4) is 0 Å². The molecule has 1 aromatic rings.